The predicted molar refractivity (Wildman–Crippen MR) is 95.8 cm³/mol. The van der Waals surface area contributed by atoms with Gasteiger partial charge < -0.3 is 25.8 Å². The summed E-state index contributed by atoms with van der Waals surface area (Å²) in [7, 11) is -1.10. The lowest BCUT2D eigenvalue weighted by Gasteiger charge is -2.30. The third-order valence-corrected chi connectivity index (χ3v) is 5.39. The number of aliphatic hydroxyl groups excluding tert-OH is 1. The Morgan fingerprint density at radius 1 is 1.32 bits per heavy atom. The van der Waals surface area contributed by atoms with E-state index in [0.29, 0.717) is 36.1 Å². The maximum Gasteiger partial charge on any atom is 0.547 e. The maximum absolute atomic E-state index is 12.3. The van der Waals surface area contributed by atoms with Crippen molar-refractivity contribution >= 4 is 13.0 Å². The van der Waals surface area contributed by atoms with Crippen molar-refractivity contribution in [3.05, 3.63) is 29.3 Å². The SMILES string of the molecule is N[C@H]1CC[C@H](CCC(=O)N[C@H]2Cc3cccc(CO)c3OB2O)CC1. The number of fused-ring (bicyclic) bond motifs is 1. The molecule has 1 fully saturated rings. The molecule has 1 aliphatic carbocycles. The average Bonchev–Trinajstić information content (AvgIpc) is 2.61. The van der Waals surface area contributed by atoms with E-state index in [0.717, 1.165) is 37.7 Å². The first-order valence-electron chi connectivity index (χ1n) is 9.18. The fraction of sp³-hybridized carbons (Fsp3) is 0.611. The number of hydrogen-bond donors (Lipinski definition) is 4. The van der Waals surface area contributed by atoms with Crippen LogP contribution >= 0.6 is 0 Å². The number of carbonyl (C=O) groups excluding carboxylic acids is 1. The van der Waals surface area contributed by atoms with Crippen molar-refractivity contribution in [3.63, 3.8) is 0 Å². The van der Waals surface area contributed by atoms with Crippen LogP contribution in [0.5, 0.6) is 5.75 Å². The molecule has 0 bridgehead atoms. The highest BCUT2D eigenvalue weighted by atomic mass is 16.5. The van der Waals surface area contributed by atoms with E-state index in [-0.39, 0.29) is 12.5 Å². The average molecular weight is 346 g/mol. The van der Waals surface area contributed by atoms with Gasteiger partial charge in [0.2, 0.25) is 5.91 Å². The van der Waals surface area contributed by atoms with E-state index < -0.39 is 13.1 Å². The van der Waals surface area contributed by atoms with E-state index in [9.17, 15) is 14.9 Å². The Balaban J connectivity index is 1.51. The van der Waals surface area contributed by atoms with Gasteiger partial charge in [-0.1, -0.05) is 18.2 Å². The highest BCUT2D eigenvalue weighted by molar-refractivity contribution is 6.46. The normalized spacial score (nSPS) is 25.9. The Hall–Kier alpha value is -1.57. The number of carbonyl (C=O) groups is 1. The number of rotatable bonds is 5. The maximum atomic E-state index is 12.3. The first kappa shape index (κ1) is 18.2. The van der Waals surface area contributed by atoms with E-state index in [1.54, 1.807) is 6.07 Å². The molecule has 1 aromatic rings. The molecule has 0 spiro atoms. The third-order valence-electron chi connectivity index (χ3n) is 5.39. The number of amides is 1. The lowest BCUT2D eigenvalue weighted by atomic mass is 9.72. The van der Waals surface area contributed by atoms with E-state index in [1.807, 2.05) is 12.1 Å². The third kappa shape index (κ3) is 4.54. The summed E-state index contributed by atoms with van der Waals surface area (Å²) in [6, 6.07) is 5.83. The lowest BCUT2D eigenvalue weighted by molar-refractivity contribution is -0.121. The number of hydrogen-bond acceptors (Lipinski definition) is 5. The topological polar surface area (TPSA) is 105 Å². The number of nitrogens with two attached hydrogens (primary N) is 1. The monoisotopic (exact) mass is 346 g/mol. The summed E-state index contributed by atoms with van der Waals surface area (Å²) in [4.78, 5) is 12.3. The smallest absolute Gasteiger partial charge is 0.534 e. The van der Waals surface area contributed by atoms with Crippen LogP contribution in [0.15, 0.2) is 18.2 Å². The minimum atomic E-state index is -1.10. The minimum Gasteiger partial charge on any atom is -0.534 e. The van der Waals surface area contributed by atoms with Gasteiger partial charge in [0.05, 0.1) is 12.5 Å². The van der Waals surface area contributed by atoms with Crippen LogP contribution in [0.25, 0.3) is 0 Å². The second-order valence-electron chi connectivity index (χ2n) is 7.27. The number of aliphatic hydroxyl groups is 1. The molecule has 136 valence electrons. The van der Waals surface area contributed by atoms with E-state index >= 15 is 0 Å². The fourth-order valence-corrected chi connectivity index (χ4v) is 3.83. The molecule has 1 aliphatic heterocycles. The minimum absolute atomic E-state index is 0.0516. The van der Waals surface area contributed by atoms with Gasteiger partial charge in [0.1, 0.15) is 5.75 Å². The molecular formula is C18H27BN2O4. The molecule has 0 saturated heterocycles. The van der Waals surface area contributed by atoms with Gasteiger partial charge in [-0.05, 0) is 50.0 Å². The van der Waals surface area contributed by atoms with Gasteiger partial charge in [-0.15, -0.1) is 0 Å². The van der Waals surface area contributed by atoms with Gasteiger partial charge in [0.25, 0.3) is 0 Å². The molecule has 2 aliphatic rings. The second-order valence-corrected chi connectivity index (χ2v) is 7.27. The summed E-state index contributed by atoms with van der Waals surface area (Å²) in [6.45, 7) is -0.141. The van der Waals surface area contributed by atoms with E-state index in [2.05, 4.69) is 5.32 Å². The van der Waals surface area contributed by atoms with Crippen molar-refractivity contribution in [1.29, 1.82) is 0 Å². The van der Waals surface area contributed by atoms with Gasteiger partial charge in [0.15, 0.2) is 0 Å². The van der Waals surface area contributed by atoms with E-state index in [4.69, 9.17) is 10.4 Å². The van der Waals surface area contributed by atoms with Gasteiger partial charge in [-0.25, -0.2) is 0 Å². The molecular weight excluding hydrogens is 319 g/mol. The van der Waals surface area contributed by atoms with Gasteiger partial charge in [-0.3, -0.25) is 4.79 Å². The summed E-state index contributed by atoms with van der Waals surface area (Å²) in [5, 5.41) is 22.5. The quantitative estimate of drug-likeness (QED) is 0.594. The molecule has 1 heterocycles. The first-order valence-corrected chi connectivity index (χ1v) is 9.18. The summed E-state index contributed by atoms with van der Waals surface area (Å²) in [5.74, 6) is 0.588. The standard InChI is InChI=1S/C18H27BN2O4/c20-15-7-4-12(5-8-15)6-9-17(23)21-16-10-13-2-1-3-14(11-22)18(13)25-19(16)24/h1-3,12,15-16,22,24H,4-11,20H2,(H,21,23)/t12-,15-,16-/m0/s1. The number of nitrogens with one attached hydrogen (secondary N) is 1. The van der Waals surface area contributed by atoms with Crippen LogP contribution in [0.3, 0.4) is 0 Å². The number of para-hydroxylation sites is 1. The molecule has 25 heavy (non-hydrogen) atoms. The highest BCUT2D eigenvalue weighted by Crippen LogP contribution is 2.30. The summed E-state index contributed by atoms with van der Waals surface area (Å²) in [6.07, 6.45) is 6.12. The summed E-state index contributed by atoms with van der Waals surface area (Å²) < 4.78 is 5.54. The Kier molecular flexibility index (Phi) is 5.99. The molecule has 1 amide bonds. The predicted octanol–water partition coefficient (Wildman–Crippen LogP) is 0.916. The zero-order valence-electron chi connectivity index (χ0n) is 14.5. The molecule has 1 aromatic carbocycles. The Labute approximate surface area is 148 Å². The van der Waals surface area contributed by atoms with Crippen LogP contribution in [-0.2, 0) is 17.8 Å². The van der Waals surface area contributed by atoms with Crippen molar-refractivity contribution in [2.45, 2.75) is 63.5 Å². The van der Waals surface area contributed by atoms with Crippen LogP contribution in [-0.4, -0.2) is 35.1 Å². The van der Waals surface area contributed by atoms with Crippen LogP contribution < -0.4 is 15.7 Å². The molecule has 0 unspecified atom stereocenters. The van der Waals surface area contributed by atoms with Crippen LogP contribution in [0, 0.1) is 5.92 Å². The Morgan fingerprint density at radius 2 is 2.08 bits per heavy atom. The molecule has 1 saturated carbocycles. The van der Waals surface area contributed by atoms with Crippen LogP contribution in [0.2, 0.25) is 0 Å². The zero-order valence-corrected chi connectivity index (χ0v) is 14.5. The van der Waals surface area contributed by atoms with Gasteiger partial charge >= 0.3 is 7.12 Å². The molecule has 7 heteroatoms. The van der Waals surface area contributed by atoms with Crippen molar-refractivity contribution in [2.75, 3.05) is 0 Å². The zero-order chi connectivity index (χ0) is 17.8. The molecule has 0 radical (unpaired) electrons. The van der Waals surface area contributed by atoms with Crippen molar-refractivity contribution < 1.29 is 19.6 Å². The van der Waals surface area contributed by atoms with Crippen molar-refractivity contribution in [2.24, 2.45) is 11.7 Å². The highest BCUT2D eigenvalue weighted by Gasteiger charge is 2.36. The number of benzene rings is 1. The molecule has 3 rings (SSSR count). The van der Waals surface area contributed by atoms with Gasteiger partial charge in [-0.2, -0.15) is 0 Å². The fourth-order valence-electron chi connectivity index (χ4n) is 3.83. The Morgan fingerprint density at radius 3 is 2.80 bits per heavy atom. The largest absolute Gasteiger partial charge is 0.547 e. The lowest BCUT2D eigenvalue weighted by Crippen LogP contribution is -2.53. The van der Waals surface area contributed by atoms with Crippen LogP contribution in [0.1, 0.15) is 49.7 Å². The van der Waals surface area contributed by atoms with Gasteiger partial charge in [0, 0.05) is 18.0 Å². The Bertz CT molecular complexity index is 605. The first-order chi connectivity index (χ1) is 12.1. The van der Waals surface area contributed by atoms with Crippen molar-refractivity contribution in [3.8, 4) is 5.75 Å². The van der Waals surface area contributed by atoms with Crippen molar-refractivity contribution in [1.82, 2.24) is 5.32 Å². The second kappa shape index (κ2) is 8.21. The molecule has 1 atom stereocenters. The molecule has 0 aromatic heterocycles. The van der Waals surface area contributed by atoms with Crippen LogP contribution in [0.4, 0.5) is 0 Å². The molecule has 6 nitrogen and oxygen atoms in total. The summed E-state index contributed by atoms with van der Waals surface area (Å²) >= 11 is 0. The van der Waals surface area contributed by atoms with E-state index in [1.165, 1.54) is 0 Å². The summed E-state index contributed by atoms with van der Waals surface area (Å²) in [5.41, 5.74) is 7.46. The molecule has 5 N–H and O–H groups in total.